The lowest BCUT2D eigenvalue weighted by Gasteiger charge is -2.52. The molecule has 206 valence electrons. The first kappa shape index (κ1) is 25.8. The normalized spacial score (nSPS) is 22.4. The third-order valence-electron chi connectivity index (χ3n) is 8.22. The number of aromatic amines is 1. The molecule has 0 radical (unpaired) electrons. The maximum atomic E-state index is 13.4. The molecular weight excluding hydrogens is 502 g/mol. The van der Waals surface area contributed by atoms with Crippen molar-refractivity contribution in [2.45, 2.75) is 56.3 Å². The molecule has 11 heteroatoms. The number of halogens is 2. The van der Waals surface area contributed by atoms with E-state index in [1.165, 1.54) is 12.1 Å². The molecule has 1 saturated carbocycles. The zero-order valence-electron chi connectivity index (χ0n) is 22.0. The quantitative estimate of drug-likeness (QED) is 0.298. The summed E-state index contributed by atoms with van der Waals surface area (Å²) in [5.41, 5.74) is 9.50. The van der Waals surface area contributed by atoms with Gasteiger partial charge in [-0.3, -0.25) is 9.58 Å². The van der Waals surface area contributed by atoms with Gasteiger partial charge in [0.25, 0.3) is 6.43 Å². The highest BCUT2D eigenvalue weighted by Crippen LogP contribution is 2.43. The molecule has 6 rings (SSSR count). The number of benzene rings is 1. The van der Waals surface area contributed by atoms with Gasteiger partial charge in [-0.15, -0.1) is 0 Å². The summed E-state index contributed by atoms with van der Waals surface area (Å²) in [5, 5.41) is 8.69. The molecule has 1 saturated heterocycles. The summed E-state index contributed by atoms with van der Waals surface area (Å²) in [6.45, 7) is 2.85. The Balaban J connectivity index is 1.07. The number of likely N-dealkylation sites (tertiary alicyclic amines) is 1. The van der Waals surface area contributed by atoms with Crippen LogP contribution in [-0.4, -0.2) is 68.5 Å². The number of hydrogen-bond acceptors (Lipinski definition) is 7. The Bertz CT molecular complexity index is 1420. The molecule has 0 spiro atoms. The van der Waals surface area contributed by atoms with E-state index in [1.807, 2.05) is 35.4 Å². The van der Waals surface area contributed by atoms with Gasteiger partial charge in [-0.2, -0.15) is 5.10 Å². The molecule has 2 aliphatic rings. The predicted octanol–water partition coefficient (Wildman–Crippen LogP) is 3.84. The first-order valence-corrected chi connectivity index (χ1v) is 13.5. The van der Waals surface area contributed by atoms with Crippen molar-refractivity contribution in [2.24, 2.45) is 5.73 Å². The first-order valence-electron chi connectivity index (χ1n) is 13.5. The van der Waals surface area contributed by atoms with Crippen molar-refractivity contribution in [2.75, 3.05) is 26.7 Å². The maximum Gasteiger partial charge on any atom is 0.263 e. The first-order chi connectivity index (χ1) is 19.0. The van der Waals surface area contributed by atoms with Crippen molar-refractivity contribution >= 4 is 11.0 Å². The van der Waals surface area contributed by atoms with Gasteiger partial charge in [0, 0.05) is 61.1 Å². The van der Waals surface area contributed by atoms with Crippen LogP contribution in [0.25, 0.3) is 22.3 Å². The largest absolute Gasteiger partial charge is 0.490 e. The van der Waals surface area contributed by atoms with E-state index in [-0.39, 0.29) is 17.2 Å². The number of fused-ring (bicyclic) bond motifs is 1. The number of hydrogen-bond donors (Lipinski definition) is 3. The van der Waals surface area contributed by atoms with E-state index in [0.29, 0.717) is 24.9 Å². The summed E-state index contributed by atoms with van der Waals surface area (Å²) in [6, 6.07) is 7.27. The molecule has 0 atom stereocenters. The molecule has 2 fully saturated rings. The van der Waals surface area contributed by atoms with Crippen LogP contribution in [0.5, 0.6) is 5.75 Å². The van der Waals surface area contributed by atoms with E-state index < -0.39 is 6.43 Å². The molecule has 1 aromatic carbocycles. The summed E-state index contributed by atoms with van der Waals surface area (Å²) >= 11 is 0. The van der Waals surface area contributed by atoms with E-state index >= 15 is 0 Å². The monoisotopic (exact) mass is 536 g/mol. The van der Waals surface area contributed by atoms with E-state index in [9.17, 15) is 8.78 Å². The van der Waals surface area contributed by atoms with Crippen molar-refractivity contribution in [1.82, 2.24) is 34.9 Å². The van der Waals surface area contributed by atoms with Crippen molar-refractivity contribution < 1.29 is 13.5 Å². The van der Waals surface area contributed by atoms with Gasteiger partial charge in [0.05, 0.1) is 17.4 Å². The fourth-order valence-corrected chi connectivity index (χ4v) is 6.07. The average molecular weight is 537 g/mol. The fourth-order valence-electron chi connectivity index (χ4n) is 6.07. The minimum absolute atomic E-state index is 0.00165. The van der Waals surface area contributed by atoms with Crippen LogP contribution < -0.4 is 15.8 Å². The maximum absolute atomic E-state index is 13.4. The fraction of sp³-hybridized carbons (Fsp3) is 0.464. The smallest absolute Gasteiger partial charge is 0.263 e. The second-order valence-corrected chi connectivity index (χ2v) is 10.7. The lowest BCUT2D eigenvalue weighted by Crippen LogP contribution is -2.61. The zero-order valence-corrected chi connectivity index (χ0v) is 22.0. The number of piperidine rings is 1. The van der Waals surface area contributed by atoms with Gasteiger partial charge in [0.15, 0.2) is 0 Å². The molecule has 4 aromatic rings. The number of rotatable bonds is 9. The van der Waals surface area contributed by atoms with Crippen molar-refractivity contribution in [3.8, 4) is 17.0 Å². The highest BCUT2D eigenvalue weighted by Gasteiger charge is 2.48. The van der Waals surface area contributed by atoms with Crippen LogP contribution in [0.2, 0.25) is 0 Å². The van der Waals surface area contributed by atoms with Gasteiger partial charge in [0.2, 0.25) is 0 Å². The molecule has 1 aliphatic heterocycles. The standard InChI is InChI=1S/C28H34F2N8O/c1-32-13-18-8-19(26(29)30)10-23(9-18)39-22-3-6-37(7-4-22)21-11-28(12-21,16-31)38-15-20(14-36-38)25-24-2-5-33-27(24)35-17-34-25/h2,5,8-10,14-15,17,21-22,26,32H,3-4,6-7,11-13,16,31H2,1H3,(H,33,34,35). The third kappa shape index (κ3) is 5.02. The third-order valence-corrected chi connectivity index (χ3v) is 8.22. The topological polar surface area (TPSA) is 110 Å². The number of alkyl halides is 2. The Morgan fingerprint density at radius 2 is 2.03 bits per heavy atom. The molecule has 1 aliphatic carbocycles. The second-order valence-electron chi connectivity index (χ2n) is 10.7. The molecule has 0 bridgehead atoms. The highest BCUT2D eigenvalue weighted by molar-refractivity contribution is 5.90. The Morgan fingerprint density at radius 1 is 1.21 bits per heavy atom. The number of nitrogens with one attached hydrogen (secondary N) is 2. The average Bonchev–Trinajstić information content (AvgIpc) is 3.60. The molecule has 0 amide bonds. The van der Waals surface area contributed by atoms with Crippen molar-refractivity contribution in [3.63, 3.8) is 0 Å². The minimum Gasteiger partial charge on any atom is -0.490 e. The molecule has 9 nitrogen and oxygen atoms in total. The number of nitrogens with two attached hydrogens (primary N) is 1. The van der Waals surface area contributed by atoms with Gasteiger partial charge in [-0.25, -0.2) is 18.7 Å². The molecule has 39 heavy (non-hydrogen) atoms. The Labute approximate surface area is 225 Å². The predicted molar refractivity (Wildman–Crippen MR) is 145 cm³/mol. The summed E-state index contributed by atoms with van der Waals surface area (Å²) in [4.78, 5) is 14.4. The van der Waals surface area contributed by atoms with E-state index in [4.69, 9.17) is 15.6 Å². The zero-order chi connectivity index (χ0) is 27.0. The van der Waals surface area contributed by atoms with Crippen LogP contribution in [0, 0.1) is 0 Å². The Hall–Kier alpha value is -3.41. The summed E-state index contributed by atoms with van der Waals surface area (Å²) < 4.78 is 35.0. The molecular formula is C28H34F2N8O. The molecule has 4 N–H and O–H groups in total. The van der Waals surface area contributed by atoms with Gasteiger partial charge in [-0.05, 0) is 62.6 Å². The van der Waals surface area contributed by atoms with Crippen molar-refractivity contribution in [3.05, 3.63) is 60.3 Å². The number of ether oxygens (including phenoxy) is 1. The lowest BCUT2D eigenvalue weighted by molar-refractivity contribution is -0.0185. The second kappa shape index (κ2) is 10.6. The molecule has 0 unspecified atom stereocenters. The van der Waals surface area contributed by atoms with E-state index in [1.54, 1.807) is 13.4 Å². The van der Waals surface area contributed by atoms with Crippen molar-refractivity contribution in [1.29, 1.82) is 0 Å². The molecule has 4 heterocycles. The summed E-state index contributed by atoms with van der Waals surface area (Å²) in [5.74, 6) is 0.525. The van der Waals surface area contributed by atoms with Crippen LogP contribution in [-0.2, 0) is 12.1 Å². The molecule has 3 aromatic heterocycles. The lowest BCUT2D eigenvalue weighted by atomic mass is 9.71. The van der Waals surface area contributed by atoms with Crippen LogP contribution in [0.15, 0.2) is 49.2 Å². The SMILES string of the molecule is CNCc1cc(OC2CCN(C3CC(CN)(n4cc(-c5ncnc6[nH]ccc56)cn4)C3)CC2)cc(C(F)F)c1. The van der Waals surface area contributed by atoms with Crippen LogP contribution in [0.4, 0.5) is 8.78 Å². The van der Waals surface area contributed by atoms with Gasteiger partial charge < -0.3 is 20.8 Å². The summed E-state index contributed by atoms with van der Waals surface area (Å²) in [6.07, 6.45) is 8.41. The van der Waals surface area contributed by atoms with E-state index in [2.05, 4.69) is 25.2 Å². The number of nitrogens with zero attached hydrogens (tertiary/aromatic N) is 5. The Kier molecular flexibility index (Phi) is 7.05. The number of H-pyrrole nitrogens is 1. The highest BCUT2D eigenvalue weighted by atomic mass is 19.3. The van der Waals surface area contributed by atoms with Gasteiger partial charge in [-0.1, -0.05) is 0 Å². The number of aromatic nitrogens is 5. The van der Waals surface area contributed by atoms with E-state index in [0.717, 1.165) is 66.6 Å². The van der Waals surface area contributed by atoms with Gasteiger partial charge in [0.1, 0.15) is 23.8 Å². The van der Waals surface area contributed by atoms with Crippen LogP contribution in [0.3, 0.4) is 0 Å². The van der Waals surface area contributed by atoms with Gasteiger partial charge >= 0.3 is 0 Å². The Morgan fingerprint density at radius 3 is 2.77 bits per heavy atom. The minimum atomic E-state index is -2.52. The van der Waals surface area contributed by atoms with Crippen LogP contribution >= 0.6 is 0 Å². The summed E-state index contributed by atoms with van der Waals surface area (Å²) in [7, 11) is 1.80. The van der Waals surface area contributed by atoms with Crippen LogP contribution in [0.1, 0.15) is 43.2 Å².